The van der Waals surface area contributed by atoms with Crippen LogP contribution in [-0.4, -0.2) is 26.6 Å². The lowest BCUT2D eigenvalue weighted by atomic mass is 10.1. The van der Waals surface area contributed by atoms with E-state index in [1.54, 1.807) is 18.6 Å². The molecule has 0 spiro atoms. The number of aromatic nitrogens is 3. The highest BCUT2D eigenvalue weighted by molar-refractivity contribution is 5.67. The second-order valence-electron chi connectivity index (χ2n) is 5.93. The quantitative estimate of drug-likeness (QED) is 0.943. The third kappa shape index (κ3) is 4.80. The summed E-state index contributed by atoms with van der Waals surface area (Å²) >= 11 is 0. The molecule has 116 valence electrons. The normalized spacial score (nSPS) is 11.1. The van der Waals surface area contributed by atoms with Crippen molar-refractivity contribution in [1.82, 2.24) is 20.3 Å². The van der Waals surface area contributed by atoms with E-state index in [4.69, 9.17) is 4.74 Å². The SMILES string of the molecule is Cc1ccc(-c2cnc(CNC(=O)OC(C)(C)C)nc2)cn1. The fourth-order valence-electron chi connectivity index (χ4n) is 1.70. The van der Waals surface area contributed by atoms with Crippen molar-refractivity contribution in [2.75, 3.05) is 0 Å². The third-order valence-electron chi connectivity index (χ3n) is 2.74. The van der Waals surface area contributed by atoms with Gasteiger partial charge in [0.15, 0.2) is 0 Å². The number of rotatable bonds is 3. The molecule has 1 amide bonds. The van der Waals surface area contributed by atoms with Crippen molar-refractivity contribution < 1.29 is 9.53 Å². The number of carbonyl (C=O) groups excluding carboxylic acids is 1. The Morgan fingerprint density at radius 3 is 2.27 bits per heavy atom. The summed E-state index contributed by atoms with van der Waals surface area (Å²) in [4.78, 5) is 24.3. The average molecular weight is 300 g/mol. The van der Waals surface area contributed by atoms with Gasteiger partial charge in [0.05, 0.1) is 6.54 Å². The van der Waals surface area contributed by atoms with Crippen molar-refractivity contribution in [2.24, 2.45) is 0 Å². The molecule has 2 heterocycles. The van der Waals surface area contributed by atoms with Crippen LogP contribution in [0.1, 0.15) is 32.3 Å². The molecule has 0 aliphatic carbocycles. The van der Waals surface area contributed by atoms with E-state index < -0.39 is 11.7 Å². The zero-order valence-corrected chi connectivity index (χ0v) is 13.3. The molecule has 0 aromatic carbocycles. The highest BCUT2D eigenvalue weighted by Crippen LogP contribution is 2.16. The molecule has 2 aromatic heterocycles. The number of ether oxygens (including phenoxy) is 1. The van der Waals surface area contributed by atoms with E-state index in [0.29, 0.717) is 5.82 Å². The van der Waals surface area contributed by atoms with Gasteiger partial charge < -0.3 is 10.1 Å². The summed E-state index contributed by atoms with van der Waals surface area (Å²) in [6, 6.07) is 3.91. The standard InChI is InChI=1S/C16H20N4O2/c1-11-5-6-12(7-17-11)13-8-18-14(19-9-13)10-20-15(21)22-16(2,3)4/h5-9H,10H2,1-4H3,(H,20,21). The van der Waals surface area contributed by atoms with Gasteiger partial charge in [-0.25, -0.2) is 14.8 Å². The second kappa shape index (κ2) is 6.51. The molecular weight excluding hydrogens is 280 g/mol. The van der Waals surface area contributed by atoms with Gasteiger partial charge in [-0.2, -0.15) is 0 Å². The predicted octanol–water partition coefficient (Wildman–Crippen LogP) is 2.87. The smallest absolute Gasteiger partial charge is 0.408 e. The van der Waals surface area contributed by atoms with Crippen molar-refractivity contribution in [2.45, 2.75) is 39.8 Å². The topological polar surface area (TPSA) is 77.0 Å². The Morgan fingerprint density at radius 1 is 1.09 bits per heavy atom. The zero-order valence-electron chi connectivity index (χ0n) is 13.3. The summed E-state index contributed by atoms with van der Waals surface area (Å²) in [5, 5.41) is 2.62. The Hall–Kier alpha value is -2.50. The van der Waals surface area contributed by atoms with Gasteiger partial charge in [-0.1, -0.05) is 6.07 Å². The van der Waals surface area contributed by atoms with E-state index in [0.717, 1.165) is 16.8 Å². The summed E-state index contributed by atoms with van der Waals surface area (Å²) in [7, 11) is 0. The van der Waals surface area contributed by atoms with Gasteiger partial charge in [0.1, 0.15) is 11.4 Å². The molecule has 0 unspecified atom stereocenters. The van der Waals surface area contributed by atoms with Crippen molar-refractivity contribution >= 4 is 6.09 Å². The van der Waals surface area contributed by atoms with Crippen LogP contribution in [0.3, 0.4) is 0 Å². The highest BCUT2D eigenvalue weighted by atomic mass is 16.6. The number of aryl methyl sites for hydroxylation is 1. The van der Waals surface area contributed by atoms with E-state index in [2.05, 4.69) is 20.3 Å². The molecule has 0 fully saturated rings. The van der Waals surface area contributed by atoms with Gasteiger partial charge in [-0.3, -0.25) is 4.98 Å². The van der Waals surface area contributed by atoms with Gasteiger partial charge in [-0.15, -0.1) is 0 Å². The van der Waals surface area contributed by atoms with E-state index >= 15 is 0 Å². The lowest BCUT2D eigenvalue weighted by molar-refractivity contribution is 0.0522. The number of alkyl carbamates (subject to hydrolysis) is 1. The molecule has 0 bridgehead atoms. The lowest BCUT2D eigenvalue weighted by Crippen LogP contribution is -2.32. The summed E-state index contributed by atoms with van der Waals surface area (Å²) < 4.78 is 5.15. The van der Waals surface area contributed by atoms with Crippen LogP contribution < -0.4 is 5.32 Å². The molecule has 0 saturated carbocycles. The van der Waals surface area contributed by atoms with Gasteiger partial charge in [0.2, 0.25) is 0 Å². The number of carbonyl (C=O) groups is 1. The fraction of sp³-hybridized carbons (Fsp3) is 0.375. The molecule has 0 atom stereocenters. The van der Waals surface area contributed by atoms with E-state index in [-0.39, 0.29) is 6.54 Å². The second-order valence-corrected chi connectivity index (χ2v) is 5.93. The Morgan fingerprint density at radius 2 is 1.73 bits per heavy atom. The molecule has 2 aromatic rings. The monoisotopic (exact) mass is 300 g/mol. The van der Waals surface area contributed by atoms with Crippen molar-refractivity contribution in [3.8, 4) is 11.1 Å². The number of amides is 1. The Labute approximate surface area is 130 Å². The number of hydrogen-bond acceptors (Lipinski definition) is 5. The molecule has 1 N–H and O–H groups in total. The van der Waals surface area contributed by atoms with Crippen LogP contribution in [-0.2, 0) is 11.3 Å². The molecule has 22 heavy (non-hydrogen) atoms. The maximum absolute atomic E-state index is 11.6. The number of hydrogen-bond donors (Lipinski definition) is 1. The number of nitrogens with zero attached hydrogens (tertiary/aromatic N) is 3. The van der Waals surface area contributed by atoms with Crippen LogP contribution in [0.15, 0.2) is 30.7 Å². The minimum Gasteiger partial charge on any atom is -0.444 e. The average Bonchev–Trinajstić information content (AvgIpc) is 2.45. The number of nitrogens with one attached hydrogen (secondary N) is 1. The summed E-state index contributed by atoms with van der Waals surface area (Å²) in [5.74, 6) is 0.523. The summed E-state index contributed by atoms with van der Waals surface area (Å²) in [5.41, 5.74) is 2.28. The fourth-order valence-corrected chi connectivity index (χ4v) is 1.70. The van der Waals surface area contributed by atoms with Crippen LogP contribution in [0.25, 0.3) is 11.1 Å². The minimum absolute atomic E-state index is 0.224. The van der Waals surface area contributed by atoms with E-state index in [9.17, 15) is 4.79 Å². The molecule has 0 radical (unpaired) electrons. The lowest BCUT2D eigenvalue weighted by Gasteiger charge is -2.19. The van der Waals surface area contributed by atoms with Gasteiger partial charge >= 0.3 is 6.09 Å². The molecule has 0 aliphatic heterocycles. The first-order valence-electron chi connectivity index (χ1n) is 7.04. The molecule has 6 nitrogen and oxygen atoms in total. The van der Waals surface area contributed by atoms with Crippen molar-refractivity contribution in [3.63, 3.8) is 0 Å². The maximum Gasteiger partial charge on any atom is 0.408 e. The number of pyridine rings is 1. The molecule has 6 heteroatoms. The van der Waals surface area contributed by atoms with Crippen LogP contribution >= 0.6 is 0 Å². The van der Waals surface area contributed by atoms with Gasteiger partial charge in [0.25, 0.3) is 0 Å². The minimum atomic E-state index is -0.521. The van der Waals surface area contributed by atoms with Gasteiger partial charge in [-0.05, 0) is 33.8 Å². The van der Waals surface area contributed by atoms with E-state index in [1.807, 2.05) is 39.8 Å². The van der Waals surface area contributed by atoms with E-state index in [1.165, 1.54) is 0 Å². The van der Waals surface area contributed by atoms with Crippen LogP contribution in [0, 0.1) is 6.92 Å². The third-order valence-corrected chi connectivity index (χ3v) is 2.74. The highest BCUT2D eigenvalue weighted by Gasteiger charge is 2.15. The zero-order chi connectivity index (χ0) is 16.2. The van der Waals surface area contributed by atoms with Crippen molar-refractivity contribution in [1.29, 1.82) is 0 Å². The molecule has 0 aliphatic rings. The summed E-state index contributed by atoms with van der Waals surface area (Å²) in [6.45, 7) is 7.60. The Kier molecular flexibility index (Phi) is 4.70. The first kappa shape index (κ1) is 15.9. The molecule has 0 saturated heterocycles. The van der Waals surface area contributed by atoms with Crippen LogP contribution in [0.5, 0.6) is 0 Å². The molecule has 2 rings (SSSR count). The van der Waals surface area contributed by atoms with Crippen LogP contribution in [0.2, 0.25) is 0 Å². The summed E-state index contributed by atoms with van der Waals surface area (Å²) in [6.07, 6.45) is 4.73. The predicted molar refractivity (Wildman–Crippen MR) is 83.1 cm³/mol. The Bertz CT molecular complexity index is 631. The maximum atomic E-state index is 11.6. The first-order valence-corrected chi connectivity index (χ1v) is 7.04. The van der Waals surface area contributed by atoms with Crippen molar-refractivity contribution in [3.05, 3.63) is 42.2 Å². The van der Waals surface area contributed by atoms with Gasteiger partial charge in [0, 0.05) is 35.4 Å². The largest absolute Gasteiger partial charge is 0.444 e. The Balaban J connectivity index is 1.95. The molecular formula is C16H20N4O2. The van der Waals surface area contributed by atoms with Crippen LogP contribution in [0.4, 0.5) is 4.79 Å². The first-order chi connectivity index (χ1) is 10.3.